The van der Waals surface area contributed by atoms with Gasteiger partial charge in [0.2, 0.25) is 9.76 Å². The average Bonchev–Trinajstić information content (AvgIpc) is 3.14. The number of fused-ring (bicyclic) bond motifs is 1. The SMILES string of the molecule is CO[Si]CCCNC(=O)OCC1CCC2OC2C1. The van der Waals surface area contributed by atoms with Gasteiger partial charge < -0.3 is 19.2 Å². The fourth-order valence-electron chi connectivity index (χ4n) is 2.34. The van der Waals surface area contributed by atoms with Gasteiger partial charge in [0.15, 0.2) is 0 Å². The van der Waals surface area contributed by atoms with Gasteiger partial charge in [-0.2, -0.15) is 0 Å². The Balaban J connectivity index is 1.46. The highest BCUT2D eigenvalue weighted by molar-refractivity contribution is 6.26. The summed E-state index contributed by atoms with van der Waals surface area (Å²) in [7, 11) is 2.21. The summed E-state index contributed by atoms with van der Waals surface area (Å²) in [6, 6.07) is 0.986. The van der Waals surface area contributed by atoms with Crippen LogP contribution >= 0.6 is 0 Å². The molecule has 2 aliphatic rings. The lowest BCUT2D eigenvalue weighted by molar-refractivity contribution is 0.118. The third-order valence-electron chi connectivity index (χ3n) is 3.43. The third kappa shape index (κ3) is 4.59. The molecule has 0 aromatic rings. The van der Waals surface area contributed by atoms with E-state index in [0.29, 0.717) is 41.0 Å². The van der Waals surface area contributed by atoms with Gasteiger partial charge in [-0.15, -0.1) is 0 Å². The highest BCUT2D eigenvalue weighted by atomic mass is 28.2. The Labute approximate surface area is 110 Å². The van der Waals surface area contributed by atoms with Crippen molar-refractivity contribution in [1.82, 2.24) is 5.32 Å². The van der Waals surface area contributed by atoms with E-state index in [2.05, 4.69) is 5.32 Å². The quantitative estimate of drug-likeness (QED) is 0.431. The maximum atomic E-state index is 11.4. The summed E-state index contributed by atoms with van der Waals surface area (Å²) in [6.45, 7) is 1.19. The minimum absolute atomic E-state index is 0.297. The van der Waals surface area contributed by atoms with E-state index in [1.807, 2.05) is 0 Å². The van der Waals surface area contributed by atoms with Crippen molar-refractivity contribution in [3.63, 3.8) is 0 Å². The van der Waals surface area contributed by atoms with Crippen molar-refractivity contribution in [2.75, 3.05) is 20.3 Å². The lowest BCUT2D eigenvalue weighted by Crippen LogP contribution is -2.28. The summed E-state index contributed by atoms with van der Waals surface area (Å²) in [5.74, 6) is 0.481. The molecular weight excluding hydrogens is 250 g/mol. The maximum Gasteiger partial charge on any atom is 0.407 e. The molecule has 3 unspecified atom stereocenters. The number of rotatable bonds is 7. The molecule has 0 aromatic heterocycles. The largest absolute Gasteiger partial charge is 0.449 e. The predicted octanol–water partition coefficient (Wildman–Crippen LogP) is 1.35. The minimum atomic E-state index is -0.297. The summed E-state index contributed by atoms with van der Waals surface area (Å²) in [5, 5.41) is 2.76. The minimum Gasteiger partial charge on any atom is -0.449 e. The predicted molar refractivity (Wildman–Crippen MR) is 67.5 cm³/mol. The summed E-state index contributed by atoms with van der Waals surface area (Å²) in [4.78, 5) is 11.4. The lowest BCUT2D eigenvalue weighted by Gasteiger charge is -2.18. The molecule has 0 aromatic carbocycles. The van der Waals surface area contributed by atoms with E-state index in [0.717, 1.165) is 31.7 Å². The number of carbonyl (C=O) groups is 1. The highest BCUT2D eigenvalue weighted by Crippen LogP contribution is 2.39. The zero-order chi connectivity index (χ0) is 12.8. The number of alkyl carbamates (subject to hydrolysis) is 1. The Hall–Kier alpha value is -0.593. The van der Waals surface area contributed by atoms with Crippen LogP contribution in [-0.2, 0) is 13.9 Å². The fraction of sp³-hybridized carbons (Fsp3) is 0.917. The first kappa shape index (κ1) is 13.8. The second-order valence-corrected chi connectivity index (χ2v) is 6.07. The first-order chi connectivity index (χ1) is 8.79. The van der Waals surface area contributed by atoms with Crippen molar-refractivity contribution in [3.8, 4) is 0 Å². The van der Waals surface area contributed by atoms with Gasteiger partial charge in [0.25, 0.3) is 0 Å². The number of epoxide rings is 1. The van der Waals surface area contributed by atoms with Crippen LogP contribution in [0.25, 0.3) is 0 Å². The zero-order valence-corrected chi connectivity index (χ0v) is 11.8. The molecule has 102 valence electrons. The van der Waals surface area contributed by atoms with E-state index >= 15 is 0 Å². The molecule has 3 atom stereocenters. The molecule has 18 heavy (non-hydrogen) atoms. The molecular formula is C12H21NO4Si. The Morgan fingerprint density at radius 1 is 1.44 bits per heavy atom. The van der Waals surface area contributed by atoms with Crippen molar-refractivity contribution >= 4 is 15.9 Å². The Morgan fingerprint density at radius 3 is 3.11 bits per heavy atom. The third-order valence-corrected chi connectivity index (χ3v) is 4.28. The Bertz CT molecular complexity index is 277. The number of ether oxygens (including phenoxy) is 2. The van der Waals surface area contributed by atoms with Crippen LogP contribution in [0, 0.1) is 5.92 Å². The number of hydrogen-bond donors (Lipinski definition) is 1. The monoisotopic (exact) mass is 271 g/mol. The van der Waals surface area contributed by atoms with Crippen molar-refractivity contribution in [2.45, 2.75) is 43.9 Å². The van der Waals surface area contributed by atoms with Gasteiger partial charge in [-0.3, -0.25) is 0 Å². The Kier molecular flexibility index (Phi) is 5.46. The molecule has 2 rings (SSSR count). The normalized spacial score (nSPS) is 29.5. The topological polar surface area (TPSA) is 60.1 Å². The van der Waals surface area contributed by atoms with Gasteiger partial charge in [0.1, 0.15) is 0 Å². The van der Waals surface area contributed by atoms with Crippen LogP contribution in [0.4, 0.5) is 4.79 Å². The summed E-state index contributed by atoms with van der Waals surface area (Å²) >= 11 is 0. The maximum absolute atomic E-state index is 11.4. The van der Waals surface area contributed by atoms with E-state index in [4.69, 9.17) is 13.9 Å². The smallest absolute Gasteiger partial charge is 0.407 e. The molecule has 1 heterocycles. The second kappa shape index (κ2) is 7.11. The van der Waals surface area contributed by atoms with Crippen LogP contribution in [0.15, 0.2) is 0 Å². The second-order valence-electron chi connectivity index (χ2n) is 4.87. The Morgan fingerprint density at radius 2 is 2.33 bits per heavy atom. The molecule has 1 N–H and O–H groups in total. The molecule has 5 nitrogen and oxygen atoms in total. The van der Waals surface area contributed by atoms with Gasteiger partial charge in [0, 0.05) is 13.7 Å². The number of nitrogens with one attached hydrogen (secondary N) is 1. The van der Waals surface area contributed by atoms with E-state index in [-0.39, 0.29) is 6.09 Å². The van der Waals surface area contributed by atoms with Crippen LogP contribution in [0.3, 0.4) is 0 Å². The summed E-state index contributed by atoms with van der Waals surface area (Å²) in [6.07, 6.45) is 4.88. The molecule has 1 aliphatic heterocycles. The summed E-state index contributed by atoms with van der Waals surface area (Å²) in [5.41, 5.74) is 0. The zero-order valence-electron chi connectivity index (χ0n) is 10.8. The van der Waals surface area contributed by atoms with Crippen LogP contribution in [0.1, 0.15) is 25.7 Å². The first-order valence-corrected chi connectivity index (χ1v) is 7.73. The van der Waals surface area contributed by atoms with E-state index < -0.39 is 0 Å². The van der Waals surface area contributed by atoms with Crippen LogP contribution in [0.5, 0.6) is 0 Å². The first-order valence-electron chi connectivity index (χ1n) is 6.61. The van der Waals surface area contributed by atoms with Crippen LogP contribution in [0.2, 0.25) is 6.04 Å². The average molecular weight is 271 g/mol. The van der Waals surface area contributed by atoms with Crippen molar-refractivity contribution < 1.29 is 18.7 Å². The molecule has 6 heteroatoms. The van der Waals surface area contributed by atoms with Gasteiger partial charge in [-0.25, -0.2) is 4.79 Å². The number of carbonyl (C=O) groups excluding carboxylic acids is 1. The lowest BCUT2D eigenvalue weighted by atomic mass is 9.90. The molecule has 1 saturated carbocycles. The van der Waals surface area contributed by atoms with E-state index in [1.165, 1.54) is 0 Å². The fourth-order valence-corrected chi connectivity index (χ4v) is 2.86. The van der Waals surface area contributed by atoms with Gasteiger partial charge >= 0.3 is 6.09 Å². The van der Waals surface area contributed by atoms with Gasteiger partial charge in [-0.1, -0.05) is 0 Å². The summed E-state index contributed by atoms with van der Waals surface area (Å²) < 4.78 is 15.6. The van der Waals surface area contributed by atoms with Crippen molar-refractivity contribution in [1.29, 1.82) is 0 Å². The highest BCUT2D eigenvalue weighted by Gasteiger charge is 2.43. The molecule has 2 radical (unpaired) electrons. The molecule has 1 saturated heterocycles. The molecule has 1 aliphatic carbocycles. The molecule has 0 spiro atoms. The standard InChI is InChI=1S/C12H21NO4Si/c1-15-18-6-2-5-13-12(14)16-8-9-3-4-10-11(7-9)17-10/h9-11H,2-8H2,1H3,(H,13,14). The van der Waals surface area contributed by atoms with Gasteiger partial charge in [-0.05, 0) is 37.6 Å². The number of hydrogen-bond acceptors (Lipinski definition) is 4. The molecule has 1 amide bonds. The van der Waals surface area contributed by atoms with E-state index in [1.54, 1.807) is 7.11 Å². The van der Waals surface area contributed by atoms with Gasteiger partial charge in [0.05, 0.1) is 18.8 Å². The van der Waals surface area contributed by atoms with Crippen molar-refractivity contribution in [3.05, 3.63) is 0 Å². The van der Waals surface area contributed by atoms with E-state index in [9.17, 15) is 4.79 Å². The van der Waals surface area contributed by atoms with Crippen molar-refractivity contribution in [2.24, 2.45) is 5.92 Å². The molecule has 0 bridgehead atoms. The molecule has 2 fully saturated rings. The van der Waals surface area contributed by atoms with Crippen LogP contribution < -0.4 is 5.32 Å². The van der Waals surface area contributed by atoms with Crippen LogP contribution in [-0.4, -0.2) is 48.3 Å². The number of amides is 1.